The molecule has 8 heteroatoms. The molecule has 0 aliphatic rings. The highest BCUT2D eigenvalue weighted by molar-refractivity contribution is 5.72. The fraction of sp³-hybridized carbons (Fsp3) is 0.556. The number of nitro benzene ring substituents is 1. The van der Waals surface area contributed by atoms with Gasteiger partial charge in [0.15, 0.2) is 0 Å². The number of carbonyl (C=O) groups is 2. The SMILES string of the molecule is COC(=O)[C@@H](C)C[C@H](Cc1ccc([N+](=O)[O-])cc1)NC(=O)OC(C)(C)C. The molecule has 1 aromatic carbocycles. The van der Waals surface area contributed by atoms with Gasteiger partial charge in [0.2, 0.25) is 0 Å². The van der Waals surface area contributed by atoms with Gasteiger partial charge < -0.3 is 14.8 Å². The molecule has 1 N–H and O–H groups in total. The van der Waals surface area contributed by atoms with E-state index in [2.05, 4.69) is 5.32 Å². The zero-order valence-corrected chi connectivity index (χ0v) is 15.8. The number of nitro groups is 1. The second-order valence-electron chi connectivity index (χ2n) is 7.13. The van der Waals surface area contributed by atoms with Gasteiger partial charge in [-0.3, -0.25) is 14.9 Å². The van der Waals surface area contributed by atoms with Gasteiger partial charge in [0.05, 0.1) is 18.0 Å². The standard InChI is InChI=1S/C18H26N2O6/c1-12(16(21)25-5)10-14(19-17(22)26-18(2,3)4)11-13-6-8-15(9-7-13)20(23)24/h6-9,12,14H,10-11H2,1-5H3,(H,19,22)/t12-,14+/m0/s1. The number of non-ortho nitro benzene ring substituents is 1. The Morgan fingerprint density at radius 1 is 1.23 bits per heavy atom. The fourth-order valence-corrected chi connectivity index (χ4v) is 2.43. The van der Waals surface area contributed by atoms with Crippen molar-refractivity contribution >= 4 is 17.7 Å². The van der Waals surface area contributed by atoms with Crippen molar-refractivity contribution < 1.29 is 24.0 Å². The molecule has 1 rings (SSSR count). The van der Waals surface area contributed by atoms with Gasteiger partial charge in [-0.05, 0) is 39.2 Å². The second kappa shape index (κ2) is 9.17. The summed E-state index contributed by atoms with van der Waals surface area (Å²) in [7, 11) is 1.31. The van der Waals surface area contributed by atoms with E-state index in [0.717, 1.165) is 5.56 Å². The lowest BCUT2D eigenvalue weighted by Gasteiger charge is -2.25. The first-order valence-corrected chi connectivity index (χ1v) is 8.32. The van der Waals surface area contributed by atoms with Gasteiger partial charge in [0.25, 0.3) is 5.69 Å². The number of esters is 1. The first-order valence-electron chi connectivity index (χ1n) is 8.32. The molecular weight excluding hydrogens is 340 g/mol. The number of nitrogens with one attached hydrogen (secondary N) is 1. The van der Waals surface area contributed by atoms with Gasteiger partial charge in [-0.25, -0.2) is 4.79 Å². The van der Waals surface area contributed by atoms with Gasteiger partial charge >= 0.3 is 12.1 Å². The molecule has 0 spiro atoms. The third kappa shape index (κ3) is 7.50. The molecule has 0 saturated heterocycles. The summed E-state index contributed by atoms with van der Waals surface area (Å²) in [4.78, 5) is 34.1. The molecule has 1 amide bonds. The minimum atomic E-state index is -0.643. The maximum absolute atomic E-state index is 12.1. The second-order valence-corrected chi connectivity index (χ2v) is 7.13. The molecule has 0 aromatic heterocycles. The van der Waals surface area contributed by atoms with E-state index in [1.807, 2.05) is 0 Å². The lowest BCUT2D eigenvalue weighted by Crippen LogP contribution is -2.41. The molecule has 8 nitrogen and oxygen atoms in total. The molecule has 0 fully saturated rings. The summed E-state index contributed by atoms with van der Waals surface area (Å²) in [5.74, 6) is -0.789. The van der Waals surface area contributed by atoms with E-state index in [0.29, 0.717) is 12.8 Å². The van der Waals surface area contributed by atoms with Crippen LogP contribution in [0.15, 0.2) is 24.3 Å². The largest absolute Gasteiger partial charge is 0.469 e. The van der Waals surface area contributed by atoms with Crippen LogP contribution in [0.3, 0.4) is 0 Å². The van der Waals surface area contributed by atoms with Crippen LogP contribution in [0, 0.1) is 16.0 Å². The van der Waals surface area contributed by atoms with Crippen LogP contribution in [0.2, 0.25) is 0 Å². The molecule has 0 saturated carbocycles. The number of rotatable bonds is 7. The predicted octanol–water partition coefficient (Wildman–Crippen LogP) is 3.23. The van der Waals surface area contributed by atoms with E-state index in [9.17, 15) is 19.7 Å². The topological polar surface area (TPSA) is 108 Å². The predicted molar refractivity (Wildman–Crippen MR) is 95.8 cm³/mol. The average molecular weight is 366 g/mol. The van der Waals surface area contributed by atoms with Crippen molar-refractivity contribution in [2.45, 2.75) is 52.2 Å². The summed E-state index contributed by atoms with van der Waals surface area (Å²) in [6, 6.07) is 5.68. The monoisotopic (exact) mass is 366 g/mol. The van der Waals surface area contributed by atoms with Crippen LogP contribution in [-0.2, 0) is 20.7 Å². The number of methoxy groups -OCH3 is 1. The summed E-state index contributed by atoms with van der Waals surface area (Å²) in [5, 5.41) is 13.5. The molecule has 1 aromatic rings. The van der Waals surface area contributed by atoms with E-state index < -0.39 is 22.5 Å². The smallest absolute Gasteiger partial charge is 0.407 e. The van der Waals surface area contributed by atoms with Crippen molar-refractivity contribution in [3.8, 4) is 0 Å². The van der Waals surface area contributed by atoms with E-state index in [1.54, 1.807) is 39.8 Å². The summed E-state index contributed by atoms with van der Waals surface area (Å²) in [6.07, 6.45) is 0.169. The van der Waals surface area contributed by atoms with Crippen molar-refractivity contribution in [2.75, 3.05) is 7.11 Å². The first-order chi connectivity index (χ1) is 12.0. The highest BCUT2D eigenvalue weighted by atomic mass is 16.6. The minimum Gasteiger partial charge on any atom is -0.469 e. The maximum atomic E-state index is 12.1. The number of alkyl carbamates (subject to hydrolysis) is 1. The first kappa shape index (κ1) is 21.4. The number of ether oxygens (including phenoxy) is 2. The summed E-state index contributed by atoms with van der Waals surface area (Å²) in [5.41, 5.74) is 0.151. The number of benzene rings is 1. The van der Waals surface area contributed by atoms with Gasteiger partial charge in [0.1, 0.15) is 5.60 Å². The van der Waals surface area contributed by atoms with Crippen LogP contribution in [0.25, 0.3) is 0 Å². The van der Waals surface area contributed by atoms with Crippen molar-refractivity contribution in [1.82, 2.24) is 5.32 Å². The zero-order chi connectivity index (χ0) is 19.9. The fourth-order valence-electron chi connectivity index (χ4n) is 2.43. The van der Waals surface area contributed by atoms with Crippen LogP contribution in [0.4, 0.5) is 10.5 Å². The molecule has 0 bridgehead atoms. The Labute approximate surface area is 153 Å². The number of hydrogen-bond donors (Lipinski definition) is 1. The lowest BCUT2D eigenvalue weighted by molar-refractivity contribution is -0.384. The number of nitrogens with zero attached hydrogens (tertiary/aromatic N) is 1. The maximum Gasteiger partial charge on any atom is 0.407 e. The van der Waals surface area contributed by atoms with Crippen molar-refractivity contribution in [3.05, 3.63) is 39.9 Å². The number of amides is 1. The Hall–Kier alpha value is -2.64. The molecule has 0 heterocycles. The van der Waals surface area contributed by atoms with Crippen molar-refractivity contribution in [2.24, 2.45) is 5.92 Å². The van der Waals surface area contributed by atoms with Crippen LogP contribution >= 0.6 is 0 Å². The Bertz CT molecular complexity index is 636. The van der Waals surface area contributed by atoms with Crippen LogP contribution < -0.4 is 5.32 Å². The molecular formula is C18H26N2O6. The van der Waals surface area contributed by atoms with E-state index >= 15 is 0 Å². The zero-order valence-electron chi connectivity index (χ0n) is 15.8. The van der Waals surface area contributed by atoms with Crippen molar-refractivity contribution in [3.63, 3.8) is 0 Å². The van der Waals surface area contributed by atoms with E-state index in [4.69, 9.17) is 9.47 Å². The van der Waals surface area contributed by atoms with Gasteiger partial charge in [-0.1, -0.05) is 19.1 Å². The molecule has 0 aliphatic heterocycles. The molecule has 144 valence electrons. The molecule has 0 unspecified atom stereocenters. The number of carbonyl (C=O) groups excluding carboxylic acids is 2. The van der Waals surface area contributed by atoms with E-state index in [1.165, 1.54) is 19.2 Å². The average Bonchev–Trinajstić information content (AvgIpc) is 2.52. The summed E-state index contributed by atoms with van der Waals surface area (Å²) < 4.78 is 10.0. The Kier molecular flexibility index (Phi) is 7.55. The summed E-state index contributed by atoms with van der Waals surface area (Å²) >= 11 is 0. The van der Waals surface area contributed by atoms with Crippen LogP contribution in [-0.4, -0.2) is 35.7 Å². The Morgan fingerprint density at radius 2 is 1.81 bits per heavy atom. The molecule has 0 aliphatic carbocycles. The Balaban J connectivity index is 2.86. The highest BCUT2D eigenvalue weighted by Gasteiger charge is 2.24. The summed E-state index contributed by atoms with van der Waals surface area (Å²) in [6.45, 7) is 6.99. The molecule has 26 heavy (non-hydrogen) atoms. The van der Waals surface area contributed by atoms with Gasteiger partial charge in [-0.15, -0.1) is 0 Å². The van der Waals surface area contributed by atoms with E-state index in [-0.39, 0.29) is 17.7 Å². The van der Waals surface area contributed by atoms with Crippen LogP contribution in [0.5, 0.6) is 0 Å². The Morgan fingerprint density at radius 3 is 2.27 bits per heavy atom. The third-order valence-corrected chi connectivity index (χ3v) is 3.59. The lowest BCUT2D eigenvalue weighted by atomic mass is 9.96. The van der Waals surface area contributed by atoms with Gasteiger partial charge in [-0.2, -0.15) is 0 Å². The van der Waals surface area contributed by atoms with Crippen molar-refractivity contribution in [1.29, 1.82) is 0 Å². The quantitative estimate of drug-likeness (QED) is 0.451. The normalized spacial score (nSPS) is 13.4. The number of hydrogen-bond acceptors (Lipinski definition) is 6. The van der Waals surface area contributed by atoms with Crippen LogP contribution in [0.1, 0.15) is 39.7 Å². The minimum absolute atomic E-state index is 0.00618. The highest BCUT2D eigenvalue weighted by Crippen LogP contribution is 2.17. The molecule has 2 atom stereocenters. The molecule has 0 radical (unpaired) electrons. The third-order valence-electron chi connectivity index (χ3n) is 3.59. The van der Waals surface area contributed by atoms with Gasteiger partial charge in [0, 0.05) is 18.2 Å².